The molecule has 0 aliphatic heterocycles. The lowest BCUT2D eigenvalue weighted by molar-refractivity contribution is 0.0308. The Bertz CT molecular complexity index is 411. The number of aliphatic hydroxyl groups is 1. The topological polar surface area (TPSA) is 55.5 Å². The highest BCUT2D eigenvalue weighted by Gasteiger charge is 2.21. The number of hydrogen-bond acceptors (Lipinski definition) is 3. The van der Waals surface area contributed by atoms with Crippen molar-refractivity contribution in [3.05, 3.63) is 28.8 Å². The molecule has 0 aliphatic rings. The molecule has 1 aromatic carbocycles. The molecule has 0 saturated carbocycles. The Morgan fingerprint density at radius 3 is 2.53 bits per heavy atom. The molecule has 0 fully saturated rings. The number of benzene rings is 1. The number of aryl methyl sites for hydroxylation is 2. The molecule has 108 valence electrons. The van der Waals surface area contributed by atoms with Crippen LogP contribution in [0.1, 0.15) is 42.9 Å². The lowest BCUT2D eigenvalue weighted by Crippen LogP contribution is -2.37. The van der Waals surface area contributed by atoms with Crippen LogP contribution in [0.5, 0.6) is 5.75 Å². The Balaban J connectivity index is 2.50. The standard InChI is InChI=1S/C16H27NO2/c1-5-16(18,11-17)7-6-8-19-15-10-12(2)9-13(3)14(15)4/h9-10,18H,5-8,11,17H2,1-4H3. The van der Waals surface area contributed by atoms with Crippen LogP contribution < -0.4 is 10.5 Å². The quantitative estimate of drug-likeness (QED) is 0.745. The maximum atomic E-state index is 10.1. The van der Waals surface area contributed by atoms with E-state index >= 15 is 0 Å². The largest absolute Gasteiger partial charge is 0.493 e. The third-order valence-electron chi connectivity index (χ3n) is 3.85. The minimum absolute atomic E-state index is 0.312. The first-order valence-corrected chi connectivity index (χ1v) is 7.05. The molecule has 0 saturated heterocycles. The van der Waals surface area contributed by atoms with Crippen LogP contribution >= 0.6 is 0 Å². The molecule has 0 aliphatic carbocycles. The van der Waals surface area contributed by atoms with Crippen LogP contribution in [0.4, 0.5) is 0 Å². The minimum Gasteiger partial charge on any atom is -0.493 e. The Kier molecular flexibility index (Phi) is 5.83. The van der Waals surface area contributed by atoms with Crippen molar-refractivity contribution >= 4 is 0 Å². The van der Waals surface area contributed by atoms with Gasteiger partial charge in [-0.1, -0.05) is 13.0 Å². The van der Waals surface area contributed by atoms with E-state index in [0.29, 0.717) is 26.0 Å². The van der Waals surface area contributed by atoms with Gasteiger partial charge >= 0.3 is 0 Å². The smallest absolute Gasteiger partial charge is 0.122 e. The summed E-state index contributed by atoms with van der Waals surface area (Å²) in [7, 11) is 0. The van der Waals surface area contributed by atoms with Gasteiger partial charge in [-0.3, -0.25) is 0 Å². The normalized spacial score (nSPS) is 14.2. The molecule has 0 bridgehead atoms. The predicted molar refractivity (Wildman–Crippen MR) is 79.7 cm³/mol. The summed E-state index contributed by atoms with van der Waals surface area (Å²) in [6, 6.07) is 4.23. The molecular formula is C16H27NO2. The van der Waals surface area contributed by atoms with Crippen molar-refractivity contribution in [3.63, 3.8) is 0 Å². The molecule has 0 heterocycles. The van der Waals surface area contributed by atoms with Crippen molar-refractivity contribution in [2.45, 2.75) is 52.6 Å². The summed E-state index contributed by atoms with van der Waals surface area (Å²) in [5.74, 6) is 0.949. The SMILES string of the molecule is CCC(O)(CN)CCCOc1cc(C)cc(C)c1C. The van der Waals surface area contributed by atoms with Gasteiger partial charge < -0.3 is 15.6 Å². The molecule has 1 aromatic rings. The van der Waals surface area contributed by atoms with Crippen LogP contribution in [0.2, 0.25) is 0 Å². The Labute approximate surface area is 116 Å². The monoisotopic (exact) mass is 265 g/mol. The van der Waals surface area contributed by atoms with Gasteiger partial charge in [0.15, 0.2) is 0 Å². The van der Waals surface area contributed by atoms with Gasteiger partial charge in [0.2, 0.25) is 0 Å². The second-order valence-corrected chi connectivity index (χ2v) is 5.44. The van der Waals surface area contributed by atoms with E-state index in [1.807, 2.05) is 6.92 Å². The molecule has 0 radical (unpaired) electrons. The molecule has 0 spiro atoms. The summed E-state index contributed by atoms with van der Waals surface area (Å²) >= 11 is 0. The van der Waals surface area contributed by atoms with Gasteiger partial charge in [0.05, 0.1) is 12.2 Å². The van der Waals surface area contributed by atoms with E-state index in [1.165, 1.54) is 16.7 Å². The van der Waals surface area contributed by atoms with E-state index in [0.717, 1.165) is 12.2 Å². The molecule has 1 rings (SSSR count). The average Bonchev–Trinajstić information content (AvgIpc) is 2.39. The lowest BCUT2D eigenvalue weighted by atomic mass is 9.95. The summed E-state index contributed by atoms with van der Waals surface area (Å²) in [4.78, 5) is 0. The second kappa shape index (κ2) is 6.92. The van der Waals surface area contributed by atoms with Crippen LogP contribution in [-0.2, 0) is 0 Å². The van der Waals surface area contributed by atoms with Gasteiger partial charge in [0.1, 0.15) is 5.75 Å². The fourth-order valence-electron chi connectivity index (χ4n) is 2.16. The van der Waals surface area contributed by atoms with E-state index in [2.05, 4.69) is 32.9 Å². The van der Waals surface area contributed by atoms with Crippen LogP contribution in [0, 0.1) is 20.8 Å². The fraction of sp³-hybridized carbons (Fsp3) is 0.625. The number of hydrogen-bond donors (Lipinski definition) is 2. The molecule has 0 aromatic heterocycles. The lowest BCUT2D eigenvalue weighted by Gasteiger charge is -2.24. The van der Waals surface area contributed by atoms with Gasteiger partial charge in [-0.25, -0.2) is 0 Å². The Hall–Kier alpha value is -1.06. The molecule has 1 unspecified atom stereocenters. The maximum Gasteiger partial charge on any atom is 0.122 e. The number of nitrogens with two attached hydrogens (primary N) is 1. The van der Waals surface area contributed by atoms with Gasteiger partial charge in [-0.2, -0.15) is 0 Å². The summed E-state index contributed by atoms with van der Waals surface area (Å²) in [6.45, 7) is 9.13. The molecule has 1 atom stereocenters. The highest BCUT2D eigenvalue weighted by Crippen LogP contribution is 2.24. The van der Waals surface area contributed by atoms with E-state index in [1.54, 1.807) is 0 Å². The molecule has 3 nitrogen and oxygen atoms in total. The number of rotatable bonds is 7. The third kappa shape index (κ3) is 4.51. The first-order chi connectivity index (χ1) is 8.91. The van der Waals surface area contributed by atoms with E-state index in [-0.39, 0.29) is 0 Å². The fourth-order valence-corrected chi connectivity index (χ4v) is 2.16. The molecule has 19 heavy (non-hydrogen) atoms. The van der Waals surface area contributed by atoms with Crippen LogP contribution in [-0.4, -0.2) is 23.9 Å². The third-order valence-corrected chi connectivity index (χ3v) is 3.85. The van der Waals surface area contributed by atoms with Crippen LogP contribution in [0.25, 0.3) is 0 Å². The van der Waals surface area contributed by atoms with Crippen molar-refractivity contribution in [1.82, 2.24) is 0 Å². The van der Waals surface area contributed by atoms with E-state index in [9.17, 15) is 5.11 Å². The molecule has 3 heteroatoms. The summed E-state index contributed by atoms with van der Waals surface area (Å²) in [5, 5.41) is 10.1. The highest BCUT2D eigenvalue weighted by molar-refractivity contribution is 5.41. The summed E-state index contributed by atoms with van der Waals surface area (Å²) in [6.07, 6.45) is 2.18. The number of ether oxygens (including phenoxy) is 1. The summed E-state index contributed by atoms with van der Waals surface area (Å²) < 4.78 is 5.83. The van der Waals surface area contributed by atoms with Gasteiger partial charge in [-0.05, 0) is 62.8 Å². The molecule has 0 amide bonds. The van der Waals surface area contributed by atoms with Crippen molar-refractivity contribution in [3.8, 4) is 5.75 Å². The Morgan fingerprint density at radius 2 is 1.95 bits per heavy atom. The van der Waals surface area contributed by atoms with Crippen molar-refractivity contribution in [2.24, 2.45) is 5.73 Å². The zero-order valence-electron chi connectivity index (χ0n) is 12.6. The zero-order valence-corrected chi connectivity index (χ0v) is 12.6. The molecular weight excluding hydrogens is 238 g/mol. The summed E-state index contributed by atoms with van der Waals surface area (Å²) in [5.41, 5.74) is 8.50. The first-order valence-electron chi connectivity index (χ1n) is 7.05. The minimum atomic E-state index is -0.735. The van der Waals surface area contributed by atoms with Crippen molar-refractivity contribution < 1.29 is 9.84 Å². The van der Waals surface area contributed by atoms with Gasteiger partial charge in [0.25, 0.3) is 0 Å². The average molecular weight is 265 g/mol. The van der Waals surface area contributed by atoms with E-state index < -0.39 is 5.60 Å². The highest BCUT2D eigenvalue weighted by atomic mass is 16.5. The first kappa shape index (κ1) is 16.0. The molecule has 3 N–H and O–H groups in total. The maximum absolute atomic E-state index is 10.1. The van der Waals surface area contributed by atoms with Crippen LogP contribution in [0.15, 0.2) is 12.1 Å². The predicted octanol–water partition coefficient (Wildman–Crippen LogP) is 2.87. The van der Waals surface area contributed by atoms with Crippen molar-refractivity contribution in [2.75, 3.05) is 13.2 Å². The van der Waals surface area contributed by atoms with Crippen LogP contribution in [0.3, 0.4) is 0 Å². The van der Waals surface area contributed by atoms with E-state index in [4.69, 9.17) is 10.5 Å². The van der Waals surface area contributed by atoms with Crippen molar-refractivity contribution in [1.29, 1.82) is 0 Å². The Morgan fingerprint density at radius 1 is 1.26 bits per heavy atom. The zero-order chi connectivity index (χ0) is 14.5. The van der Waals surface area contributed by atoms with Gasteiger partial charge in [0, 0.05) is 6.54 Å². The van der Waals surface area contributed by atoms with Gasteiger partial charge in [-0.15, -0.1) is 0 Å². The second-order valence-electron chi connectivity index (χ2n) is 5.44.